The van der Waals surface area contributed by atoms with E-state index in [0.717, 1.165) is 15.1 Å². The first-order chi connectivity index (χ1) is 8.95. The molecular weight excluding hydrogens is 396 g/mol. The van der Waals surface area contributed by atoms with Gasteiger partial charge in [-0.05, 0) is 40.8 Å². The molecule has 0 aliphatic heterocycles. The quantitative estimate of drug-likeness (QED) is 0.557. The summed E-state index contributed by atoms with van der Waals surface area (Å²) in [4.78, 5) is 8.65. The summed E-state index contributed by atoms with van der Waals surface area (Å²) in [7, 11) is 0. The van der Waals surface area contributed by atoms with E-state index in [9.17, 15) is 0 Å². The highest BCUT2D eigenvalue weighted by Crippen LogP contribution is 2.26. The van der Waals surface area contributed by atoms with Gasteiger partial charge in [-0.2, -0.15) is 0 Å². The van der Waals surface area contributed by atoms with Crippen LogP contribution in [0.4, 0.5) is 11.5 Å². The molecule has 2 rings (SSSR count). The molecule has 19 heavy (non-hydrogen) atoms. The van der Waals surface area contributed by atoms with Gasteiger partial charge in [-0.1, -0.05) is 37.0 Å². The summed E-state index contributed by atoms with van der Waals surface area (Å²) in [5.74, 6) is 1.63. The van der Waals surface area contributed by atoms with Crippen molar-refractivity contribution in [1.29, 1.82) is 0 Å². The van der Waals surface area contributed by atoms with Gasteiger partial charge in [0, 0.05) is 20.6 Å². The molecule has 1 N–H and O–H groups in total. The molecule has 0 fully saturated rings. The highest BCUT2D eigenvalue weighted by Gasteiger charge is 2.08. The Kier molecular flexibility index (Phi) is 4.86. The van der Waals surface area contributed by atoms with E-state index in [0.29, 0.717) is 16.0 Å². The van der Waals surface area contributed by atoms with Crippen LogP contribution in [0.2, 0.25) is 10.2 Å². The highest BCUT2D eigenvalue weighted by molar-refractivity contribution is 14.1. The van der Waals surface area contributed by atoms with Crippen LogP contribution in [-0.2, 0) is 0 Å². The van der Waals surface area contributed by atoms with Crippen LogP contribution in [0.5, 0.6) is 0 Å². The summed E-state index contributed by atoms with van der Waals surface area (Å²) in [6.45, 7) is 4.06. The van der Waals surface area contributed by atoms with E-state index < -0.39 is 0 Å². The van der Waals surface area contributed by atoms with Crippen molar-refractivity contribution in [1.82, 2.24) is 9.97 Å². The number of hydrogen-bond donors (Lipinski definition) is 1. The van der Waals surface area contributed by atoms with Crippen LogP contribution in [-0.4, -0.2) is 9.97 Å². The van der Waals surface area contributed by atoms with E-state index in [1.54, 1.807) is 6.07 Å². The summed E-state index contributed by atoms with van der Waals surface area (Å²) in [5, 5.41) is 4.38. The zero-order chi connectivity index (χ0) is 14.0. The van der Waals surface area contributed by atoms with E-state index in [4.69, 9.17) is 23.2 Å². The number of benzene rings is 1. The van der Waals surface area contributed by atoms with E-state index in [1.807, 2.05) is 32.0 Å². The maximum Gasteiger partial charge on any atom is 0.135 e. The van der Waals surface area contributed by atoms with Crippen LogP contribution < -0.4 is 5.32 Å². The Balaban J connectivity index is 2.32. The minimum atomic E-state index is 0.225. The first-order valence-corrected chi connectivity index (χ1v) is 7.55. The predicted molar refractivity (Wildman–Crippen MR) is 88.6 cm³/mol. The van der Waals surface area contributed by atoms with Crippen molar-refractivity contribution < 1.29 is 0 Å². The summed E-state index contributed by atoms with van der Waals surface area (Å²) in [5.41, 5.74) is 0.939. The SMILES string of the molecule is CC(C)c1nc(Cl)cc(Nc2ccc(Cl)cc2I)n1. The molecule has 100 valence electrons. The topological polar surface area (TPSA) is 37.8 Å². The van der Waals surface area contributed by atoms with Gasteiger partial charge in [-0.25, -0.2) is 9.97 Å². The molecule has 0 bridgehead atoms. The maximum absolute atomic E-state index is 6.01. The van der Waals surface area contributed by atoms with Crippen molar-refractivity contribution in [3.05, 3.63) is 43.8 Å². The standard InChI is InChI=1S/C13H12Cl2IN3/c1-7(2)13-18-11(15)6-12(19-13)17-10-4-3-8(14)5-9(10)16/h3-7H,1-2H3,(H,17,18,19). The molecule has 1 aromatic carbocycles. The van der Waals surface area contributed by atoms with Gasteiger partial charge in [0.05, 0.1) is 5.69 Å². The third kappa shape index (κ3) is 3.94. The number of nitrogens with zero attached hydrogens (tertiary/aromatic N) is 2. The van der Waals surface area contributed by atoms with Crippen LogP contribution in [0.3, 0.4) is 0 Å². The van der Waals surface area contributed by atoms with E-state index in [-0.39, 0.29) is 5.92 Å². The summed E-state index contributed by atoms with van der Waals surface area (Å²) in [6, 6.07) is 7.34. The van der Waals surface area contributed by atoms with Gasteiger partial charge in [-0.15, -0.1) is 0 Å². The molecular formula is C13H12Cl2IN3. The number of nitrogens with one attached hydrogen (secondary N) is 1. The summed E-state index contributed by atoms with van der Waals surface area (Å²) in [6.07, 6.45) is 0. The Hall–Kier alpha value is -0.590. The van der Waals surface area contributed by atoms with Gasteiger partial charge in [0.15, 0.2) is 0 Å². The normalized spacial score (nSPS) is 10.8. The Morgan fingerprint density at radius 3 is 2.53 bits per heavy atom. The lowest BCUT2D eigenvalue weighted by Crippen LogP contribution is -2.02. The molecule has 6 heteroatoms. The zero-order valence-electron chi connectivity index (χ0n) is 10.4. The van der Waals surface area contributed by atoms with Gasteiger partial charge >= 0.3 is 0 Å². The number of anilines is 2. The zero-order valence-corrected chi connectivity index (χ0v) is 14.1. The first-order valence-electron chi connectivity index (χ1n) is 5.72. The van der Waals surface area contributed by atoms with Gasteiger partial charge in [0.2, 0.25) is 0 Å². The first kappa shape index (κ1) is 14.8. The molecule has 0 atom stereocenters. The van der Waals surface area contributed by atoms with Gasteiger partial charge in [0.1, 0.15) is 16.8 Å². The molecule has 2 aromatic rings. The third-order valence-corrected chi connectivity index (χ3v) is 3.74. The van der Waals surface area contributed by atoms with Gasteiger partial charge < -0.3 is 5.32 Å². The van der Waals surface area contributed by atoms with Crippen LogP contribution in [0.1, 0.15) is 25.6 Å². The average molecular weight is 408 g/mol. The lowest BCUT2D eigenvalue weighted by molar-refractivity contribution is 0.776. The fraction of sp³-hybridized carbons (Fsp3) is 0.231. The molecule has 1 aromatic heterocycles. The second kappa shape index (κ2) is 6.24. The Morgan fingerprint density at radius 1 is 1.16 bits per heavy atom. The van der Waals surface area contributed by atoms with Crippen LogP contribution in [0.25, 0.3) is 0 Å². The molecule has 3 nitrogen and oxygen atoms in total. The van der Waals surface area contributed by atoms with Crippen molar-refractivity contribution in [2.24, 2.45) is 0 Å². The monoisotopic (exact) mass is 407 g/mol. The lowest BCUT2D eigenvalue weighted by Gasteiger charge is -2.11. The molecule has 0 saturated carbocycles. The second-order valence-electron chi connectivity index (χ2n) is 4.34. The number of hydrogen-bond acceptors (Lipinski definition) is 3. The van der Waals surface area contributed by atoms with Crippen molar-refractivity contribution in [3.63, 3.8) is 0 Å². The van der Waals surface area contributed by atoms with E-state index in [1.165, 1.54) is 0 Å². The van der Waals surface area contributed by atoms with Crippen LogP contribution in [0, 0.1) is 3.57 Å². The average Bonchev–Trinajstić information content (AvgIpc) is 2.32. The molecule has 0 radical (unpaired) electrons. The van der Waals surface area contributed by atoms with Crippen LogP contribution in [0.15, 0.2) is 24.3 Å². The molecule has 0 spiro atoms. The van der Waals surface area contributed by atoms with Crippen molar-refractivity contribution in [2.45, 2.75) is 19.8 Å². The van der Waals surface area contributed by atoms with Crippen LogP contribution >= 0.6 is 45.8 Å². The minimum absolute atomic E-state index is 0.225. The second-order valence-corrected chi connectivity index (χ2v) is 6.32. The van der Waals surface area contributed by atoms with E-state index in [2.05, 4.69) is 37.9 Å². The Labute approximate surface area is 135 Å². The highest BCUT2D eigenvalue weighted by atomic mass is 127. The van der Waals surface area contributed by atoms with Crippen molar-refractivity contribution in [3.8, 4) is 0 Å². The smallest absolute Gasteiger partial charge is 0.135 e. The molecule has 1 heterocycles. The van der Waals surface area contributed by atoms with Crippen molar-refractivity contribution >= 4 is 57.3 Å². The third-order valence-electron chi connectivity index (χ3n) is 2.42. The minimum Gasteiger partial charge on any atom is -0.339 e. The van der Waals surface area contributed by atoms with Gasteiger partial charge in [-0.3, -0.25) is 0 Å². The molecule has 0 amide bonds. The lowest BCUT2D eigenvalue weighted by atomic mass is 10.2. The molecule has 0 aliphatic carbocycles. The summed E-state index contributed by atoms with van der Waals surface area (Å²) >= 11 is 14.2. The Morgan fingerprint density at radius 2 is 1.89 bits per heavy atom. The maximum atomic E-state index is 6.01. The fourth-order valence-electron chi connectivity index (χ4n) is 1.49. The van der Waals surface area contributed by atoms with Gasteiger partial charge in [0.25, 0.3) is 0 Å². The predicted octanol–water partition coefficient (Wildman–Crippen LogP) is 5.26. The molecule has 0 unspecified atom stereocenters. The number of halogens is 3. The molecule has 0 aliphatic rings. The fourth-order valence-corrected chi connectivity index (χ4v) is 2.68. The number of rotatable bonds is 3. The molecule has 0 saturated heterocycles. The van der Waals surface area contributed by atoms with E-state index >= 15 is 0 Å². The van der Waals surface area contributed by atoms with Crippen molar-refractivity contribution in [2.75, 3.05) is 5.32 Å². The summed E-state index contributed by atoms with van der Waals surface area (Å²) < 4.78 is 1.02. The Bertz CT molecular complexity index is 602. The number of aromatic nitrogens is 2. The largest absolute Gasteiger partial charge is 0.339 e.